The van der Waals surface area contributed by atoms with Crippen LogP contribution >= 0.6 is 0 Å². The van der Waals surface area contributed by atoms with Gasteiger partial charge in [0.15, 0.2) is 0 Å². The van der Waals surface area contributed by atoms with Gasteiger partial charge in [-0.05, 0) is 63.5 Å². The Balaban J connectivity index is 1.39. The molecule has 136 valence electrons. The van der Waals surface area contributed by atoms with Crippen LogP contribution in [0.3, 0.4) is 0 Å². The molecule has 3 rings (SSSR count). The lowest BCUT2D eigenvalue weighted by Crippen LogP contribution is -2.46. The minimum absolute atomic E-state index is 0.113. The Morgan fingerprint density at radius 2 is 2.04 bits per heavy atom. The van der Waals surface area contributed by atoms with Crippen LogP contribution in [0.1, 0.15) is 55.9 Å². The summed E-state index contributed by atoms with van der Waals surface area (Å²) in [4.78, 5) is 30.1. The van der Waals surface area contributed by atoms with Crippen molar-refractivity contribution in [1.29, 1.82) is 0 Å². The lowest BCUT2D eigenvalue weighted by Gasteiger charge is -2.38. The minimum atomic E-state index is -0.143. The molecule has 2 fully saturated rings. The number of hydrogen-bond acceptors (Lipinski definition) is 4. The minimum Gasteiger partial charge on any atom is -0.450 e. The molecular formula is C19H27N3O3. The molecule has 0 aliphatic carbocycles. The molecule has 1 aromatic rings. The van der Waals surface area contributed by atoms with Crippen molar-refractivity contribution in [3.05, 3.63) is 30.1 Å². The van der Waals surface area contributed by atoms with Crippen LogP contribution in [-0.4, -0.2) is 47.1 Å². The Morgan fingerprint density at radius 1 is 1.28 bits per heavy atom. The lowest BCUT2D eigenvalue weighted by atomic mass is 9.87. The van der Waals surface area contributed by atoms with Crippen LogP contribution in [0, 0.1) is 5.92 Å². The Labute approximate surface area is 148 Å². The van der Waals surface area contributed by atoms with Crippen LogP contribution < -0.4 is 5.32 Å². The fourth-order valence-corrected chi connectivity index (χ4v) is 4.20. The average Bonchev–Trinajstić information content (AvgIpc) is 2.90. The third-order valence-corrected chi connectivity index (χ3v) is 5.28. The van der Waals surface area contributed by atoms with Crippen molar-refractivity contribution in [3.63, 3.8) is 0 Å². The summed E-state index contributed by atoms with van der Waals surface area (Å²) in [5, 5.41) is 2.93. The molecule has 3 heterocycles. The first kappa shape index (κ1) is 17.7. The summed E-state index contributed by atoms with van der Waals surface area (Å²) in [6.45, 7) is 2.96. The SMILES string of the molecule is CCOC(=O)N1C2CCC1CC(CCCNC(=O)c1ccccn1)C2. The second-order valence-corrected chi connectivity index (χ2v) is 6.94. The first-order chi connectivity index (χ1) is 12.2. The highest BCUT2D eigenvalue weighted by atomic mass is 16.6. The van der Waals surface area contributed by atoms with E-state index in [2.05, 4.69) is 10.3 Å². The quantitative estimate of drug-likeness (QED) is 0.805. The predicted octanol–water partition coefficient (Wildman–Crippen LogP) is 2.99. The molecule has 1 aromatic heterocycles. The number of carbonyl (C=O) groups is 2. The third-order valence-electron chi connectivity index (χ3n) is 5.28. The van der Waals surface area contributed by atoms with E-state index < -0.39 is 0 Å². The van der Waals surface area contributed by atoms with Gasteiger partial charge >= 0.3 is 6.09 Å². The Bertz CT molecular complexity index is 579. The van der Waals surface area contributed by atoms with Crippen LogP contribution in [0.4, 0.5) is 4.79 Å². The van der Waals surface area contributed by atoms with Gasteiger partial charge in [-0.15, -0.1) is 0 Å². The van der Waals surface area contributed by atoms with Crippen molar-refractivity contribution in [2.24, 2.45) is 5.92 Å². The maximum Gasteiger partial charge on any atom is 0.410 e. The smallest absolute Gasteiger partial charge is 0.410 e. The van der Waals surface area contributed by atoms with E-state index in [1.807, 2.05) is 17.9 Å². The van der Waals surface area contributed by atoms with Gasteiger partial charge in [-0.25, -0.2) is 4.79 Å². The fourth-order valence-electron chi connectivity index (χ4n) is 4.20. The van der Waals surface area contributed by atoms with E-state index in [0.29, 0.717) is 36.8 Å². The van der Waals surface area contributed by atoms with Crippen molar-refractivity contribution >= 4 is 12.0 Å². The highest BCUT2D eigenvalue weighted by Gasteiger charge is 2.43. The van der Waals surface area contributed by atoms with E-state index in [1.54, 1.807) is 18.3 Å². The number of fused-ring (bicyclic) bond motifs is 2. The summed E-state index contributed by atoms with van der Waals surface area (Å²) in [6.07, 6.45) is 7.84. The molecule has 0 aromatic carbocycles. The van der Waals surface area contributed by atoms with Crippen LogP contribution in [0.5, 0.6) is 0 Å². The summed E-state index contributed by atoms with van der Waals surface area (Å²) in [5.41, 5.74) is 0.461. The molecule has 2 bridgehead atoms. The highest BCUT2D eigenvalue weighted by Crippen LogP contribution is 2.40. The number of nitrogens with zero attached hydrogens (tertiary/aromatic N) is 2. The van der Waals surface area contributed by atoms with Gasteiger partial charge in [0.05, 0.1) is 6.61 Å². The van der Waals surface area contributed by atoms with Crippen LogP contribution in [0.15, 0.2) is 24.4 Å². The molecule has 0 saturated carbocycles. The number of pyridine rings is 1. The molecule has 6 nitrogen and oxygen atoms in total. The lowest BCUT2D eigenvalue weighted by molar-refractivity contribution is 0.0588. The molecule has 2 unspecified atom stereocenters. The van der Waals surface area contributed by atoms with Crippen molar-refractivity contribution < 1.29 is 14.3 Å². The van der Waals surface area contributed by atoms with Crippen LogP contribution in [-0.2, 0) is 4.74 Å². The van der Waals surface area contributed by atoms with Crippen molar-refractivity contribution in [1.82, 2.24) is 15.2 Å². The van der Waals surface area contributed by atoms with E-state index in [9.17, 15) is 9.59 Å². The number of nitrogens with one attached hydrogen (secondary N) is 1. The molecule has 2 aliphatic rings. The largest absolute Gasteiger partial charge is 0.450 e. The molecule has 2 saturated heterocycles. The zero-order chi connectivity index (χ0) is 17.6. The second-order valence-electron chi connectivity index (χ2n) is 6.94. The summed E-state index contributed by atoms with van der Waals surface area (Å²) in [7, 11) is 0. The normalized spacial score (nSPS) is 24.8. The van der Waals surface area contributed by atoms with Crippen molar-refractivity contribution in [2.45, 2.75) is 57.5 Å². The Kier molecular flexibility index (Phi) is 5.89. The van der Waals surface area contributed by atoms with Gasteiger partial charge in [0.2, 0.25) is 0 Å². The maximum atomic E-state index is 12.1. The monoisotopic (exact) mass is 345 g/mol. The van der Waals surface area contributed by atoms with Crippen LogP contribution in [0.2, 0.25) is 0 Å². The standard InChI is InChI=1S/C19H27N3O3/c1-2-25-19(24)22-15-8-9-16(22)13-14(12-15)6-5-11-21-18(23)17-7-3-4-10-20-17/h3-4,7,10,14-16H,2,5-6,8-9,11-13H2,1H3,(H,21,23). The molecule has 1 N–H and O–H groups in total. The predicted molar refractivity (Wildman–Crippen MR) is 94.2 cm³/mol. The molecule has 0 radical (unpaired) electrons. The van der Waals surface area contributed by atoms with Gasteiger partial charge in [0.25, 0.3) is 5.91 Å². The number of carbonyl (C=O) groups excluding carboxylic acids is 2. The van der Waals surface area contributed by atoms with Gasteiger partial charge in [0.1, 0.15) is 5.69 Å². The van der Waals surface area contributed by atoms with Crippen LogP contribution in [0.25, 0.3) is 0 Å². The van der Waals surface area contributed by atoms with E-state index in [-0.39, 0.29) is 12.0 Å². The average molecular weight is 345 g/mol. The number of piperidine rings is 1. The first-order valence-corrected chi connectivity index (χ1v) is 9.33. The fraction of sp³-hybridized carbons (Fsp3) is 0.632. The van der Waals surface area contributed by atoms with E-state index in [0.717, 1.165) is 38.5 Å². The molecule has 2 atom stereocenters. The van der Waals surface area contributed by atoms with E-state index >= 15 is 0 Å². The number of ether oxygens (including phenoxy) is 1. The highest BCUT2D eigenvalue weighted by molar-refractivity contribution is 5.92. The molecule has 25 heavy (non-hydrogen) atoms. The van der Waals surface area contributed by atoms with E-state index in [4.69, 9.17) is 4.74 Å². The number of rotatable bonds is 6. The number of aromatic nitrogens is 1. The summed E-state index contributed by atoms with van der Waals surface area (Å²) in [6, 6.07) is 6.01. The van der Waals surface area contributed by atoms with Crippen molar-refractivity contribution in [2.75, 3.05) is 13.2 Å². The Morgan fingerprint density at radius 3 is 2.68 bits per heavy atom. The molecule has 2 amide bonds. The zero-order valence-electron chi connectivity index (χ0n) is 14.8. The molecule has 0 spiro atoms. The number of hydrogen-bond donors (Lipinski definition) is 1. The maximum absolute atomic E-state index is 12.1. The summed E-state index contributed by atoms with van der Waals surface area (Å²) in [5.74, 6) is 0.521. The van der Waals surface area contributed by atoms with Gasteiger partial charge in [-0.3, -0.25) is 9.78 Å². The second kappa shape index (κ2) is 8.32. The molecular weight excluding hydrogens is 318 g/mol. The Hall–Kier alpha value is -2.11. The topological polar surface area (TPSA) is 71.5 Å². The van der Waals surface area contributed by atoms with Gasteiger partial charge < -0.3 is 15.0 Å². The van der Waals surface area contributed by atoms with Gasteiger partial charge in [-0.2, -0.15) is 0 Å². The zero-order valence-corrected chi connectivity index (χ0v) is 14.8. The van der Waals surface area contributed by atoms with Gasteiger partial charge in [0, 0.05) is 24.8 Å². The van der Waals surface area contributed by atoms with Gasteiger partial charge in [-0.1, -0.05) is 6.07 Å². The van der Waals surface area contributed by atoms with Crippen molar-refractivity contribution in [3.8, 4) is 0 Å². The van der Waals surface area contributed by atoms with E-state index in [1.165, 1.54) is 0 Å². The summed E-state index contributed by atoms with van der Waals surface area (Å²) < 4.78 is 5.20. The molecule has 2 aliphatic heterocycles. The number of amides is 2. The summed E-state index contributed by atoms with van der Waals surface area (Å²) >= 11 is 0. The first-order valence-electron chi connectivity index (χ1n) is 9.33. The molecule has 6 heteroatoms. The third kappa shape index (κ3) is 4.30.